The summed E-state index contributed by atoms with van der Waals surface area (Å²) in [5.41, 5.74) is 1.44. The molecule has 0 aliphatic carbocycles. The molecule has 0 aromatic heterocycles. The largest absolute Gasteiger partial charge is 0.298 e. The molecule has 0 spiro atoms. The number of halogens is 1. The summed E-state index contributed by atoms with van der Waals surface area (Å²) in [6.07, 6.45) is 5.94. The quantitative estimate of drug-likeness (QED) is 0.579. The van der Waals surface area contributed by atoms with E-state index in [0.717, 1.165) is 9.87 Å². The molecule has 2 aromatic rings. The number of nitrogens with zero attached hydrogens (tertiary/aromatic N) is 1. The Morgan fingerprint density at radius 3 is 2.43 bits per heavy atom. The molecule has 4 nitrogen and oxygen atoms in total. The Balaban J connectivity index is 2.61. The van der Waals surface area contributed by atoms with Crippen LogP contribution in [0.3, 0.4) is 0 Å². The average Bonchev–Trinajstić information content (AvgIpc) is 2.53. The van der Waals surface area contributed by atoms with Crippen molar-refractivity contribution in [3.63, 3.8) is 0 Å². The lowest BCUT2D eigenvalue weighted by molar-refractivity contribution is 0.112. The van der Waals surface area contributed by atoms with Crippen LogP contribution >= 0.6 is 15.9 Å². The van der Waals surface area contributed by atoms with Crippen LogP contribution in [-0.4, -0.2) is 21.2 Å². The molecule has 0 saturated carbocycles. The lowest BCUT2D eigenvalue weighted by atomic mass is 10.2. The van der Waals surface area contributed by atoms with Crippen LogP contribution in [0.25, 0.3) is 0 Å². The lowest BCUT2D eigenvalue weighted by Gasteiger charge is -2.23. The highest BCUT2D eigenvalue weighted by Gasteiger charge is 2.26. The molecule has 0 aliphatic rings. The molecule has 0 unspecified atom stereocenters. The van der Waals surface area contributed by atoms with Gasteiger partial charge in [0.05, 0.1) is 17.1 Å². The Morgan fingerprint density at radius 2 is 1.87 bits per heavy atom. The first-order valence-electron chi connectivity index (χ1n) is 6.67. The van der Waals surface area contributed by atoms with Gasteiger partial charge in [-0.05, 0) is 37.3 Å². The molecule has 0 N–H and O–H groups in total. The molecule has 0 saturated heterocycles. The first kappa shape index (κ1) is 17.3. The van der Waals surface area contributed by atoms with Crippen LogP contribution in [0.5, 0.6) is 0 Å². The van der Waals surface area contributed by atoms with E-state index in [4.69, 9.17) is 6.42 Å². The van der Waals surface area contributed by atoms with Gasteiger partial charge in [0.1, 0.15) is 0 Å². The third kappa shape index (κ3) is 3.63. The molecule has 23 heavy (non-hydrogen) atoms. The Kier molecular flexibility index (Phi) is 5.24. The zero-order valence-corrected chi connectivity index (χ0v) is 14.8. The molecule has 6 heteroatoms. The fourth-order valence-electron chi connectivity index (χ4n) is 2.07. The van der Waals surface area contributed by atoms with E-state index in [1.165, 1.54) is 12.1 Å². The Hall–Kier alpha value is -2.10. The van der Waals surface area contributed by atoms with Crippen molar-refractivity contribution in [3.8, 4) is 12.3 Å². The van der Waals surface area contributed by atoms with E-state index in [0.29, 0.717) is 10.8 Å². The van der Waals surface area contributed by atoms with Gasteiger partial charge in [0.15, 0.2) is 6.29 Å². The predicted molar refractivity (Wildman–Crippen MR) is 94.1 cm³/mol. The number of aldehydes is 1. The molecule has 0 bridgehead atoms. The highest BCUT2D eigenvalue weighted by atomic mass is 79.9. The van der Waals surface area contributed by atoms with E-state index in [1.807, 2.05) is 6.92 Å². The van der Waals surface area contributed by atoms with Gasteiger partial charge in [-0.1, -0.05) is 39.5 Å². The number of anilines is 1. The van der Waals surface area contributed by atoms with Crippen LogP contribution in [0.15, 0.2) is 51.8 Å². The molecule has 2 aromatic carbocycles. The fourth-order valence-corrected chi connectivity index (χ4v) is 3.85. The summed E-state index contributed by atoms with van der Waals surface area (Å²) >= 11 is 3.26. The Morgan fingerprint density at radius 1 is 1.22 bits per heavy atom. The number of aryl methyl sites for hydroxylation is 1. The van der Waals surface area contributed by atoms with Crippen molar-refractivity contribution >= 4 is 37.9 Å². The van der Waals surface area contributed by atoms with Gasteiger partial charge in [-0.15, -0.1) is 6.42 Å². The van der Waals surface area contributed by atoms with Gasteiger partial charge in [0.25, 0.3) is 10.0 Å². The van der Waals surface area contributed by atoms with Gasteiger partial charge < -0.3 is 0 Å². The van der Waals surface area contributed by atoms with Crippen molar-refractivity contribution in [1.29, 1.82) is 0 Å². The maximum absolute atomic E-state index is 12.9. The van der Waals surface area contributed by atoms with Crippen molar-refractivity contribution in [2.24, 2.45) is 0 Å². The number of carbonyl (C=O) groups excluding carboxylic acids is 1. The van der Waals surface area contributed by atoms with Crippen LogP contribution in [-0.2, 0) is 10.0 Å². The van der Waals surface area contributed by atoms with E-state index >= 15 is 0 Å². The summed E-state index contributed by atoms with van der Waals surface area (Å²) in [5.74, 6) is 2.34. The maximum atomic E-state index is 12.9. The van der Waals surface area contributed by atoms with E-state index in [2.05, 4.69) is 21.9 Å². The minimum atomic E-state index is -3.86. The average molecular weight is 392 g/mol. The van der Waals surface area contributed by atoms with Gasteiger partial charge in [-0.25, -0.2) is 8.42 Å². The second-order valence-corrected chi connectivity index (χ2v) is 7.63. The summed E-state index contributed by atoms with van der Waals surface area (Å²) in [6.45, 7) is 1.70. The van der Waals surface area contributed by atoms with Crippen LogP contribution in [0.2, 0.25) is 0 Å². The topological polar surface area (TPSA) is 54.5 Å². The molecular formula is C17H14BrNO3S. The number of hydrogen-bond donors (Lipinski definition) is 0. The summed E-state index contributed by atoms with van der Waals surface area (Å²) in [4.78, 5) is 11.4. The molecular weight excluding hydrogens is 378 g/mol. The SMILES string of the molecule is C#CCN(c1ccc(Br)cc1C=O)S(=O)(=O)c1ccc(C)cc1. The monoisotopic (exact) mass is 391 g/mol. The predicted octanol–water partition coefficient (Wildman–Crippen LogP) is 3.40. The summed E-state index contributed by atoms with van der Waals surface area (Å²) in [7, 11) is -3.86. The standard InChI is InChI=1S/C17H14BrNO3S/c1-3-10-19(17-9-6-15(18)11-14(17)12-20)23(21,22)16-7-4-13(2)5-8-16/h1,4-9,11-12H,10H2,2H3. The fraction of sp³-hybridized carbons (Fsp3) is 0.118. The first-order chi connectivity index (χ1) is 10.9. The van der Waals surface area contributed by atoms with Crippen molar-refractivity contribution in [1.82, 2.24) is 0 Å². The van der Waals surface area contributed by atoms with Gasteiger partial charge >= 0.3 is 0 Å². The number of sulfonamides is 1. The van der Waals surface area contributed by atoms with Crippen molar-refractivity contribution in [2.45, 2.75) is 11.8 Å². The zero-order valence-electron chi connectivity index (χ0n) is 12.4. The third-order valence-electron chi connectivity index (χ3n) is 3.23. The Labute approximate surface area is 144 Å². The number of benzene rings is 2. The van der Waals surface area contributed by atoms with Crippen LogP contribution in [0, 0.1) is 19.3 Å². The van der Waals surface area contributed by atoms with E-state index < -0.39 is 10.0 Å². The van der Waals surface area contributed by atoms with E-state index in [9.17, 15) is 13.2 Å². The number of rotatable bonds is 5. The number of carbonyl (C=O) groups is 1. The van der Waals surface area contributed by atoms with Gasteiger partial charge in [-0.2, -0.15) is 0 Å². The summed E-state index contributed by atoms with van der Waals surface area (Å²) in [6, 6.07) is 11.2. The lowest BCUT2D eigenvalue weighted by Crippen LogP contribution is -2.32. The van der Waals surface area contributed by atoms with Crippen LogP contribution < -0.4 is 4.31 Å². The second-order valence-electron chi connectivity index (χ2n) is 4.85. The number of terminal acetylenes is 1. The minimum absolute atomic E-state index is 0.123. The molecule has 0 aliphatic heterocycles. The van der Waals surface area contributed by atoms with Crippen molar-refractivity contribution in [2.75, 3.05) is 10.8 Å². The molecule has 0 atom stereocenters. The zero-order chi connectivity index (χ0) is 17.0. The van der Waals surface area contributed by atoms with E-state index in [-0.39, 0.29) is 22.7 Å². The summed E-state index contributed by atoms with van der Waals surface area (Å²) < 4.78 is 27.5. The summed E-state index contributed by atoms with van der Waals surface area (Å²) in [5, 5.41) is 0. The maximum Gasteiger partial charge on any atom is 0.265 e. The molecule has 0 fully saturated rings. The molecule has 0 radical (unpaired) electrons. The Bertz CT molecular complexity index is 868. The number of hydrogen-bond acceptors (Lipinski definition) is 3. The van der Waals surface area contributed by atoms with Gasteiger partial charge in [-0.3, -0.25) is 9.10 Å². The minimum Gasteiger partial charge on any atom is -0.298 e. The third-order valence-corrected chi connectivity index (χ3v) is 5.50. The normalized spacial score (nSPS) is 10.8. The van der Waals surface area contributed by atoms with Crippen LogP contribution in [0.1, 0.15) is 15.9 Å². The van der Waals surface area contributed by atoms with Gasteiger partial charge in [0.2, 0.25) is 0 Å². The van der Waals surface area contributed by atoms with E-state index in [1.54, 1.807) is 30.3 Å². The van der Waals surface area contributed by atoms with Crippen LogP contribution in [0.4, 0.5) is 5.69 Å². The second kappa shape index (κ2) is 6.99. The molecule has 0 heterocycles. The first-order valence-corrected chi connectivity index (χ1v) is 8.91. The van der Waals surface area contributed by atoms with Gasteiger partial charge in [0, 0.05) is 10.0 Å². The highest BCUT2D eigenvalue weighted by Crippen LogP contribution is 2.28. The highest BCUT2D eigenvalue weighted by molar-refractivity contribution is 9.10. The molecule has 0 amide bonds. The van der Waals surface area contributed by atoms with Crippen molar-refractivity contribution in [3.05, 3.63) is 58.1 Å². The molecule has 118 valence electrons. The smallest absolute Gasteiger partial charge is 0.265 e. The van der Waals surface area contributed by atoms with Crippen molar-refractivity contribution < 1.29 is 13.2 Å². The molecule has 2 rings (SSSR count).